The summed E-state index contributed by atoms with van der Waals surface area (Å²) in [6.07, 6.45) is 0.169. The predicted molar refractivity (Wildman–Crippen MR) is 66.2 cm³/mol. The van der Waals surface area contributed by atoms with Crippen LogP contribution in [-0.2, 0) is 14.3 Å². The van der Waals surface area contributed by atoms with E-state index in [2.05, 4.69) is 0 Å². The molecule has 0 aromatic heterocycles. The Bertz CT molecular complexity index is 407. The number of amides is 2. The highest BCUT2D eigenvalue weighted by molar-refractivity contribution is 5.82. The monoisotopic (exact) mass is 286 g/mol. The minimum absolute atomic E-state index is 0.0531. The van der Waals surface area contributed by atoms with Gasteiger partial charge in [0.15, 0.2) is 0 Å². The van der Waals surface area contributed by atoms with Crippen LogP contribution in [0.5, 0.6) is 0 Å². The number of likely N-dealkylation sites (tertiary alicyclic amines) is 1. The lowest BCUT2D eigenvalue weighted by atomic mass is 9.85. The molecule has 112 valence electrons. The molecule has 2 N–H and O–H groups in total. The van der Waals surface area contributed by atoms with Gasteiger partial charge in [0, 0.05) is 26.2 Å². The van der Waals surface area contributed by atoms with Gasteiger partial charge in [0.2, 0.25) is 0 Å². The van der Waals surface area contributed by atoms with Crippen molar-refractivity contribution in [2.24, 2.45) is 11.8 Å². The van der Waals surface area contributed by atoms with Crippen molar-refractivity contribution in [3.8, 4) is 0 Å². The first kappa shape index (κ1) is 14.6. The lowest BCUT2D eigenvalue weighted by molar-refractivity contribution is -0.156. The molecule has 8 nitrogen and oxygen atoms in total. The highest BCUT2D eigenvalue weighted by Gasteiger charge is 2.41. The number of morpholine rings is 1. The molecule has 20 heavy (non-hydrogen) atoms. The van der Waals surface area contributed by atoms with Crippen molar-refractivity contribution in [1.29, 1.82) is 0 Å². The molecule has 2 atom stereocenters. The number of hydrogen-bond acceptors (Lipinski definition) is 4. The molecule has 8 heteroatoms. The van der Waals surface area contributed by atoms with E-state index in [1.807, 2.05) is 0 Å². The fraction of sp³-hybridized carbons (Fsp3) is 0.750. The van der Waals surface area contributed by atoms with Gasteiger partial charge in [0.05, 0.1) is 25.0 Å². The van der Waals surface area contributed by atoms with Crippen molar-refractivity contribution in [1.82, 2.24) is 9.80 Å². The number of carbonyl (C=O) groups excluding carboxylic acids is 1. The molecule has 2 aliphatic rings. The number of nitrogens with zero attached hydrogens (tertiary/aromatic N) is 2. The summed E-state index contributed by atoms with van der Waals surface area (Å²) in [5.74, 6) is -4.26. The maximum atomic E-state index is 12.3. The Morgan fingerprint density at radius 3 is 2.05 bits per heavy atom. The first-order valence-corrected chi connectivity index (χ1v) is 6.58. The van der Waals surface area contributed by atoms with E-state index in [-0.39, 0.29) is 25.5 Å². The topological polar surface area (TPSA) is 107 Å². The molecule has 2 heterocycles. The van der Waals surface area contributed by atoms with Crippen LogP contribution in [0.2, 0.25) is 0 Å². The van der Waals surface area contributed by atoms with E-state index in [1.54, 1.807) is 4.90 Å². The summed E-state index contributed by atoms with van der Waals surface area (Å²) in [6.45, 7) is 2.13. The van der Waals surface area contributed by atoms with Crippen LogP contribution in [0.4, 0.5) is 4.79 Å². The van der Waals surface area contributed by atoms with Gasteiger partial charge >= 0.3 is 18.0 Å². The standard InChI is InChI=1S/C12H18N2O6/c15-10(16)8-1-2-14(7-9(8)11(17)18)12(19)13-3-5-20-6-4-13/h8-9H,1-7H2,(H,15,16)(H,17,18). The SMILES string of the molecule is O=C(O)C1CCN(C(=O)N2CCOCC2)CC1C(=O)O. The molecule has 2 rings (SSSR count). The van der Waals surface area contributed by atoms with Crippen molar-refractivity contribution in [3.63, 3.8) is 0 Å². The second kappa shape index (κ2) is 6.08. The van der Waals surface area contributed by atoms with Gasteiger partial charge in [-0.15, -0.1) is 0 Å². The number of piperidine rings is 1. The van der Waals surface area contributed by atoms with E-state index in [9.17, 15) is 14.4 Å². The second-order valence-corrected chi connectivity index (χ2v) is 5.01. The number of carboxylic acid groups (broad SMARTS) is 2. The number of carboxylic acids is 2. The number of ether oxygens (including phenoxy) is 1. The molecule has 2 amide bonds. The smallest absolute Gasteiger partial charge is 0.320 e. The van der Waals surface area contributed by atoms with Crippen LogP contribution >= 0.6 is 0 Å². The fourth-order valence-corrected chi connectivity index (χ4v) is 2.63. The molecule has 0 aliphatic carbocycles. The fourth-order valence-electron chi connectivity index (χ4n) is 2.63. The molecule has 0 aromatic rings. The first-order chi connectivity index (χ1) is 9.50. The van der Waals surface area contributed by atoms with Crippen molar-refractivity contribution in [2.75, 3.05) is 39.4 Å². The lowest BCUT2D eigenvalue weighted by Crippen LogP contribution is -2.54. The normalized spacial score (nSPS) is 27.2. The van der Waals surface area contributed by atoms with Crippen LogP contribution in [0.3, 0.4) is 0 Å². The van der Waals surface area contributed by atoms with E-state index in [0.717, 1.165) is 0 Å². The van der Waals surface area contributed by atoms with Gasteiger partial charge in [-0.3, -0.25) is 9.59 Å². The highest BCUT2D eigenvalue weighted by atomic mass is 16.5. The molecule has 2 aliphatic heterocycles. The summed E-state index contributed by atoms with van der Waals surface area (Å²) in [7, 11) is 0. The first-order valence-electron chi connectivity index (χ1n) is 6.58. The summed E-state index contributed by atoms with van der Waals surface area (Å²) in [5.41, 5.74) is 0. The number of hydrogen-bond donors (Lipinski definition) is 2. The molecule has 0 saturated carbocycles. The third-order valence-electron chi connectivity index (χ3n) is 3.80. The van der Waals surface area contributed by atoms with Gasteiger partial charge in [0.1, 0.15) is 0 Å². The third kappa shape index (κ3) is 3.01. The summed E-state index contributed by atoms with van der Waals surface area (Å²) >= 11 is 0. The molecule has 2 saturated heterocycles. The van der Waals surface area contributed by atoms with Crippen molar-refractivity contribution in [2.45, 2.75) is 6.42 Å². The zero-order chi connectivity index (χ0) is 14.7. The lowest BCUT2D eigenvalue weighted by Gasteiger charge is -2.38. The molecule has 0 radical (unpaired) electrons. The van der Waals surface area contributed by atoms with Gasteiger partial charge < -0.3 is 24.7 Å². The Hall–Kier alpha value is -1.83. The van der Waals surface area contributed by atoms with Crippen LogP contribution in [-0.4, -0.2) is 77.4 Å². The highest BCUT2D eigenvalue weighted by Crippen LogP contribution is 2.25. The van der Waals surface area contributed by atoms with Crippen LogP contribution in [0.25, 0.3) is 0 Å². The molecule has 0 bridgehead atoms. The van der Waals surface area contributed by atoms with Crippen LogP contribution in [0, 0.1) is 11.8 Å². The number of carbonyl (C=O) groups is 3. The van der Waals surface area contributed by atoms with Gasteiger partial charge in [-0.25, -0.2) is 4.79 Å². The largest absolute Gasteiger partial charge is 0.481 e. The zero-order valence-corrected chi connectivity index (χ0v) is 11.0. The molecule has 2 fully saturated rings. The average Bonchev–Trinajstić information content (AvgIpc) is 2.46. The Morgan fingerprint density at radius 1 is 0.900 bits per heavy atom. The van der Waals surface area contributed by atoms with Gasteiger partial charge in [0.25, 0.3) is 0 Å². The van der Waals surface area contributed by atoms with E-state index >= 15 is 0 Å². The van der Waals surface area contributed by atoms with Crippen LogP contribution < -0.4 is 0 Å². The Kier molecular flexibility index (Phi) is 4.43. The van der Waals surface area contributed by atoms with Crippen molar-refractivity contribution < 1.29 is 29.3 Å². The average molecular weight is 286 g/mol. The van der Waals surface area contributed by atoms with Gasteiger partial charge in [-0.05, 0) is 6.42 Å². The molecule has 0 aromatic carbocycles. The molecule has 2 unspecified atom stereocenters. The maximum Gasteiger partial charge on any atom is 0.320 e. The van der Waals surface area contributed by atoms with Crippen LogP contribution in [0.15, 0.2) is 0 Å². The quantitative estimate of drug-likeness (QED) is 0.711. The van der Waals surface area contributed by atoms with Crippen molar-refractivity contribution >= 4 is 18.0 Å². The Labute approximate surface area is 115 Å². The summed E-state index contributed by atoms with van der Waals surface area (Å²) in [4.78, 5) is 37.5. The number of rotatable bonds is 2. The number of urea groups is 1. The Morgan fingerprint density at radius 2 is 1.50 bits per heavy atom. The van der Waals surface area contributed by atoms with Gasteiger partial charge in [-0.1, -0.05) is 0 Å². The van der Waals surface area contributed by atoms with E-state index in [4.69, 9.17) is 14.9 Å². The maximum absolute atomic E-state index is 12.3. The summed E-state index contributed by atoms with van der Waals surface area (Å²) in [6, 6.07) is -0.233. The minimum atomic E-state index is -1.17. The van der Waals surface area contributed by atoms with Gasteiger partial charge in [-0.2, -0.15) is 0 Å². The van der Waals surface area contributed by atoms with Crippen LogP contribution in [0.1, 0.15) is 6.42 Å². The van der Waals surface area contributed by atoms with E-state index in [1.165, 1.54) is 4.90 Å². The summed E-state index contributed by atoms with van der Waals surface area (Å²) < 4.78 is 5.16. The predicted octanol–water partition coefficient (Wildman–Crippen LogP) is -0.454. The third-order valence-corrected chi connectivity index (χ3v) is 3.80. The Balaban J connectivity index is 2.02. The number of aliphatic carboxylic acids is 2. The summed E-state index contributed by atoms with van der Waals surface area (Å²) in [5, 5.41) is 18.2. The molecular formula is C12H18N2O6. The van der Waals surface area contributed by atoms with E-state index in [0.29, 0.717) is 26.3 Å². The molecular weight excluding hydrogens is 268 g/mol. The zero-order valence-electron chi connectivity index (χ0n) is 11.0. The van der Waals surface area contributed by atoms with Crippen molar-refractivity contribution in [3.05, 3.63) is 0 Å². The second-order valence-electron chi connectivity index (χ2n) is 5.01. The molecule has 0 spiro atoms. The minimum Gasteiger partial charge on any atom is -0.481 e. The van der Waals surface area contributed by atoms with E-state index < -0.39 is 23.8 Å².